The molecule has 1 saturated heterocycles. The zero-order valence-electron chi connectivity index (χ0n) is 12.0. The van der Waals surface area contributed by atoms with Crippen molar-refractivity contribution in [2.45, 2.75) is 24.3 Å². The summed E-state index contributed by atoms with van der Waals surface area (Å²) in [6.45, 7) is 2.20. The van der Waals surface area contributed by atoms with Crippen molar-refractivity contribution in [1.82, 2.24) is 9.62 Å². The van der Waals surface area contributed by atoms with Gasteiger partial charge >= 0.3 is 0 Å². The topological polar surface area (TPSA) is 69.6 Å². The van der Waals surface area contributed by atoms with Gasteiger partial charge in [-0.25, -0.2) is 13.1 Å². The van der Waals surface area contributed by atoms with E-state index in [-0.39, 0.29) is 16.5 Å². The van der Waals surface area contributed by atoms with Gasteiger partial charge in [0.05, 0.1) is 11.6 Å². The van der Waals surface area contributed by atoms with Crippen LogP contribution in [-0.2, 0) is 16.6 Å². The molecule has 0 aromatic heterocycles. The second-order valence-electron chi connectivity index (χ2n) is 5.52. The third-order valence-corrected chi connectivity index (χ3v) is 5.77. The molecule has 1 aromatic carbocycles. The second-order valence-corrected chi connectivity index (χ2v) is 7.66. The molecule has 2 N–H and O–H groups in total. The van der Waals surface area contributed by atoms with E-state index in [1.807, 2.05) is 0 Å². The van der Waals surface area contributed by atoms with E-state index in [0.717, 1.165) is 25.9 Å². The van der Waals surface area contributed by atoms with Gasteiger partial charge in [0.15, 0.2) is 0 Å². The highest BCUT2D eigenvalue weighted by Gasteiger charge is 2.22. The summed E-state index contributed by atoms with van der Waals surface area (Å²) in [5, 5.41) is 9.28. The average molecular weight is 333 g/mol. The molecule has 5 nitrogen and oxygen atoms in total. The van der Waals surface area contributed by atoms with Crippen molar-refractivity contribution in [2.75, 3.05) is 26.7 Å². The average Bonchev–Trinajstić information content (AvgIpc) is 2.47. The van der Waals surface area contributed by atoms with Crippen molar-refractivity contribution >= 4 is 21.6 Å². The Bertz CT molecular complexity index is 584. The monoisotopic (exact) mass is 332 g/mol. The van der Waals surface area contributed by atoms with Crippen LogP contribution in [0.2, 0.25) is 5.02 Å². The van der Waals surface area contributed by atoms with Crippen LogP contribution in [0.15, 0.2) is 23.1 Å². The third kappa shape index (κ3) is 4.40. The molecule has 0 saturated carbocycles. The number of sulfonamides is 1. The summed E-state index contributed by atoms with van der Waals surface area (Å²) in [4.78, 5) is 2.27. The smallest absolute Gasteiger partial charge is 0.242 e. The Balaban J connectivity index is 2.05. The Morgan fingerprint density at radius 2 is 2.05 bits per heavy atom. The van der Waals surface area contributed by atoms with Crippen LogP contribution in [0, 0.1) is 5.92 Å². The molecule has 1 aliphatic heterocycles. The van der Waals surface area contributed by atoms with Crippen LogP contribution in [0.5, 0.6) is 0 Å². The fourth-order valence-electron chi connectivity index (χ4n) is 2.42. The quantitative estimate of drug-likeness (QED) is 0.856. The SMILES string of the molecule is CN1CCC(CNS(=O)(=O)c2cc(CO)ccc2Cl)CC1. The second kappa shape index (κ2) is 7.07. The van der Waals surface area contributed by atoms with Gasteiger partial charge in [-0.05, 0) is 56.6 Å². The first-order valence-corrected chi connectivity index (χ1v) is 8.86. The van der Waals surface area contributed by atoms with E-state index in [9.17, 15) is 8.42 Å². The number of hydrogen-bond acceptors (Lipinski definition) is 4. The molecule has 1 fully saturated rings. The predicted octanol–water partition coefficient (Wildman–Crippen LogP) is 1.45. The third-order valence-electron chi connectivity index (χ3n) is 3.87. The number of piperidine rings is 1. The summed E-state index contributed by atoms with van der Waals surface area (Å²) >= 11 is 5.97. The van der Waals surface area contributed by atoms with Crippen molar-refractivity contribution < 1.29 is 13.5 Å². The van der Waals surface area contributed by atoms with Crippen LogP contribution >= 0.6 is 11.6 Å². The first-order chi connectivity index (χ1) is 9.92. The summed E-state index contributed by atoms with van der Waals surface area (Å²) in [6, 6.07) is 4.52. The van der Waals surface area contributed by atoms with Crippen LogP contribution in [0.4, 0.5) is 0 Å². The van der Waals surface area contributed by atoms with Crippen LogP contribution in [0.25, 0.3) is 0 Å². The van der Waals surface area contributed by atoms with Gasteiger partial charge in [-0.1, -0.05) is 17.7 Å². The highest BCUT2D eigenvalue weighted by atomic mass is 35.5. The minimum absolute atomic E-state index is 0.0312. The number of hydrogen-bond donors (Lipinski definition) is 2. The summed E-state index contributed by atoms with van der Waals surface area (Å²) in [5.41, 5.74) is 0.527. The maximum Gasteiger partial charge on any atom is 0.242 e. The molecule has 7 heteroatoms. The number of nitrogens with one attached hydrogen (secondary N) is 1. The maximum atomic E-state index is 12.3. The summed E-state index contributed by atoms with van der Waals surface area (Å²) in [6.07, 6.45) is 1.98. The van der Waals surface area contributed by atoms with Crippen LogP contribution in [0.3, 0.4) is 0 Å². The number of aliphatic hydroxyl groups is 1. The largest absolute Gasteiger partial charge is 0.392 e. The molecular weight excluding hydrogens is 312 g/mol. The molecule has 1 aromatic rings. The minimum Gasteiger partial charge on any atom is -0.392 e. The van der Waals surface area contributed by atoms with Crippen LogP contribution in [-0.4, -0.2) is 45.1 Å². The molecule has 0 unspecified atom stereocenters. The van der Waals surface area contributed by atoms with Crippen molar-refractivity contribution in [3.63, 3.8) is 0 Å². The molecule has 0 aliphatic carbocycles. The summed E-state index contributed by atoms with van der Waals surface area (Å²) < 4.78 is 27.3. The molecule has 118 valence electrons. The molecular formula is C14H21ClN2O3S. The molecule has 1 heterocycles. The summed E-state index contributed by atoms with van der Waals surface area (Å²) in [7, 11) is -1.57. The van der Waals surface area contributed by atoms with Crippen LogP contribution < -0.4 is 4.72 Å². The van der Waals surface area contributed by atoms with E-state index in [1.165, 1.54) is 12.1 Å². The Labute approximate surface area is 131 Å². The van der Waals surface area contributed by atoms with Crippen LogP contribution in [0.1, 0.15) is 18.4 Å². The highest BCUT2D eigenvalue weighted by Crippen LogP contribution is 2.23. The van der Waals surface area contributed by atoms with E-state index >= 15 is 0 Å². The van der Waals surface area contributed by atoms with Crippen molar-refractivity contribution in [2.24, 2.45) is 5.92 Å². The standard InChI is InChI=1S/C14H21ClN2O3S/c1-17-6-4-11(5-7-17)9-16-21(19,20)14-8-12(10-18)2-3-13(14)15/h2-3,8,11,16,18H,4-7,9-10H2,1H3. The minimum atomic E-state index is -3.64. The zero-order valence-corrected chi connectivity index (χ0v) is 13.6. The van der Waals surface area contributed by atoms with Gasteiger partial charge in [-0.2, -0.15) is 0 Å². The lowest BCUT2D eigenvalue weighted by molar-refractivity contribution is 0.220. The Morgan fingerprint density at radius 3 is 2.67 bits per heavy atom. The van der Waals surface area contributed by atoms with E-state index in [1.54, 1.807) is 6.07 Å². The van der Waals surface area contributed by atoms with E-state index < -0.39 is 10.0 Å². The number of likely N-dealkylation sites (tertiary alicyclic amines) is 1. The van der Waals surface area contributed by atoms with E-state index in [0.29, 0.717) is 18.0 Å². The molecule has 2 rings (SSSR count). The van der Waals surface area contributed by atoms with Gasteiger partial charge < -0.3 is 10.0 Å². The fraction of sp³-hybridized carbons (Fsp3) is 0.571. The lowest BCUT2D eigenvalue weighted by Gasteiger charge is -2.28. The molecule has 0 bridgehead atoms. The van der Waals surface area contributed by atoms with Gasteiger partial charge in [0, 0.05) is 6.54 Å². The zero-order chi connectivity index (χ0) is 15.5. The van der Waals surface area contributed by atoms with Gasteiger partial charge in [0.1, 0.15) is 4.90 Å². The number of rotatable bonds is 5. The molecule has 0 radical (unpaired) electrons. The molecule has 21 heavy (non-hydrogen) atoms. The van der Waals surface area contributed by atoms with E-state index in [2.05, 4.69) is 16.7 Å². The number of halogens is 1. The van der Waals surface area contributed by atoms with Crippen molar-refractivity contribution in [1.29, 1.82) is 0 Å². The molecule has 0 atom stereocenters. The normalized spacial score (nSPS) is 18.0. The summed E-state index contributed by atoms with van der Waals surface area (Å²) in [5.74, 6) is 0.357. The lowest BCUT2D eigenvalue weighted by atomic mass is 9.98. The predicted molar refractivity (Wildman–Crippen MR) is 82.8 cm³/mol. The number of nitrogens with zero attached hydrogens (tertiary/aromatic N) is 1. The molecule has 0 spiro atoms. The first kappa shape index (κ1) is 16.7. The van der Waals surface area contributed by atoms with E-state index in [4.69, 9.17) is 16.7 Å². The maximum absolute atomic E-state index is 12.3. The fourth-order valence-corrected chi connectivity index (χ4v) is 4.09. The van der Waals surface area contributed by atoms with Gasteiger partial charge in [0.25, 0.3) is 0 Å². The Morgan fingerprint density at radius 1 is 1.38 bits per heavy atom. The van der Waals surface area contributed by atoms with Gasteiger partial charge in [-0.15, -0.1) is 0 Å². The van der Waals surface area contributed by atoms with Crippen molar-refractivity contribution in [3.8, 4) is 0 Å². The van der Waals surface area contributed by atoms with Crippen molar-refractivity contribution in [3.05, 3.63) is 28.8 Å². The first-order valence-electron chi connectivity index (χ1n) is 7.00. The lowest BCUT2D eigenvalue weighted by Crippen LogP contribution is -2.36. The Hall–Kier alpha value is -0.660. The highest BCUT2D eigenvalue weighted by molar-refractivity contribution is 7.89. The van der Waals surface area contributed by atoms with Gasteiger partial charge in [-0.3, -0.25) is 0 Å². The Kier molecular flexibility index (Phi) is 5.62. The number of aliphatic hydroxyl groups excluding tert-OH is 1. The number of benzene rings is 1. The van der Waals surface area contributed by atoms with Gasteiger partial charge in [0.2, 0.25) is 10.0 Å². The molecule has 0 amide bonds. The molecule has 1 aliphatic rings.